The first kappa shape index (κ1) is 28.1. The second kappa shape index (κ2) is 11.5. The maximum Gasteiger partial charge on any atom is 0.335 e. The van der Waals surface area contributed by atoms with Gasteiger partial charge in [0.05, 0.1) is 34.5 Å². The Morgan fingerprint density at radius 2 is 1.37 bits per heavy atom. The molecule has 0 heterocycles. The third-order valence-corrected chi connectivity index (χ3v) is 10.6. The van der Waals surface area contributed by atoms with Gasteiger partial charge in [0, 0.05) is 29.1 Å². The van der Waals surface area contributed by atoms with E-state index in [2.05, 4.69) is 40.4 Å². The predicted molar refractivity (Wildman–Crippen MR) is 143 cm³/mol. The molecule has 0 amide bonds. The molecule has 0 aliphatic carbocycles. The average molecular weight is 502 g/mol. The summed E-state index contributed by atoms with van der Waals surface area (Å²) in [5, 5.41) is 0.00918. The summed E-state index contributed by atoms with van der Waals surface area (Å²) < 4.78 is 28.3. The van der Waals surface area contributed by atoms with E-state index in [0.717, 1.165) is 11.4 Å². The molecule has 0 saturated heterocycles. The zero-order chi connectivity index (χ0) is 26.4. The Bertz CT molecular complexity index is 1040. The van der Waals surface area contributed by atoms with Crippen LogP contribution in [0.5, 0.6) is 23.0 Å². The van der Waals surface area contributed by atoms with Crippen LogP contribution in [-0.4, -0.2) is 48.8 Å². The van der Waals surface area contributed by atoms with Crippen molar-refractivity contribution in [2.75, 3.05) is 39.4 Å². The van der Waals surface area contributed by atoms with Gasteiger partial charge in [-0.25, -0.2) is 4.79 Å². The van der Waals surface area contributed by atoms with E-state index < -0.39 is 14.3 Å². The number of methoxy groups -OCH3 is 3. The van der Waals surface area contributed by atoms with Gasteiger partial charge in [0.25, 0.3) is 8.32 Å². The molecule has 0 radical (unpaired) electrons. The minimum Gasteiger partial charge on any atom is -0.541 e. The summed E-state index contributed by atoms with van der Waals surface area (Å²) in [6, 6.07) is 11.3. The molecule has 192 valence electrons. The first-order valence-corrected chi connectivity index (χ1v) is 14.5. The molecule has 0 aromatic heterocycles. The lowest BCUT2D eigenvalue weighted by Gasteiger charge is -2.37. The summed E-state index contributed by atoms with van der Waals surface area (Å²) in [7, 11) is 2.66. The van der Waals surface area contributed by atoms with Gasteiger partial charge in [-0.05, 0) is 49.3 Å². The molecule has 0 aliphatic rings. The van der Waals surface area contributed by atoms with Crippen LogP contribution < -0.4 is 23.5 Å². The smallest absolute Gasteiger partial charge is 0.335 e. The molecular weight excluding hydrogens is 462 g/mol. The molecule has 0 atom stereocenters. The summed E-state index contributed by atoms with van der Waals surface area (Å²) in [4.78, 5) is 14.4. The van der Waals surface area contributed by atoms with Crippen LogP contribution in [0.3, 0.4) is 0 Å². The molecule has 0 bridgehead atoms. The number of nitrogens with zero attached hydrogens (tertiary/aromatic N) is 1. The Morgan fingerprint density at radius 3 is 1.83 bits per heavy atom. The fourth-order valence-electron chi connectivity index (χ4n) is 3.15. The van der Waals surface area contributed by atoms with Gasteiger partial charge in [0.1, 0.15) is 5.75 Å². The molecule has 0 unspecified atom stereocenters. The van der Waals surface area contributed by atoms with Gasteiger partial charge in [-0.2, -0.15) is 0 Å². The van der Waals surface area contributed by atoms with Crippen LogP contribution in [-0.2, 0) is 9.53 Å². The fraction of sp³-hybridized carbons (Fsp3) is 0.444. The zero-order valence-corrected chi connectivity index (χ0v) is 23.5. The maximum absolute atomic E-state index is 12.4. The fourth-order valence-corrected chi connectivity index (χ4v) is 4.17. The van der Waals surface area contributed by atoms with Crippen molar-refractivity contribution in [3.05, 3.63) is 48.6 Å². The largest absolute Gasteiger partial charge is 0.541 e. The van der Waals surface area contributed by atoms with Crippen LogP contribution in [0, 0.1) is 0 Å². The van der Waals surface area contributed by atoms with Crippen LogP contribution >= 0.6 is 0 Å². The number of rotatable bonds is 11. The zero-order valence-electron chi connectivity index (χ0n) is 22.5. The number of benzene rings is 2. The third-order valence-electron chi connectivity index (χ3n) is 6.22. The van der Waals surface area contributed by atoms with Crippen molar-refractivity contribution in [1.29, 1.82) is 0 Å². The van der Waals surface area contributed by atoms with Crippen LogP contribution in [0.2, 0.25) is 18.1 Å². The Kier molecular flexibility index (Phi) is 9.26. The minimum absolute atomic E-state index is 0.00918. The number of ether oxygens (including phenoxy) is 4. The van der Waals surface area contributed by atoms with E-state index in [9.17, 15) is 4.79 Å². The number of hydrogen-bond acceptors (Lipinski definition) is 7. The molecule has 35 heavy (non-hydrogen) atoms. The Labute approximate surface area is 210 Å². The van der Waals surface area contributed by atoms with Crippen LogP contribution in [0.15, 0.2) is 48.6 Å². The number of esters is 1. The highest BCUT2D eigenvalue weighted by Gasteiger charge is 2.39. The average Bonchev–Trinajstić information content (AvgIpc) is 2.81. The van der Waals surface area contributed by atoms with Gasteiger partial charge in [0.2, 0.25) is 0 Å². The van der Waals surface area contributed by atoms with Crippen molar-refractivity contribution in [3.8, 4) is 23.0 Å². The molecule has 2 aromatic carbocycles. The molecular formula is C27H39NO6Si. The standard InChI is InChI=1S/C27H39NO6Si/c1-11-33-26(29)19(2)18-28(20-12-14-22(30-6)24(16-20)32-8)21-13-15-23(31-7)25(17-21)34-35(9,10)27(3,4)5/h12-17H,2,11,18H2,1,3-10H3. The van der Waals surface area contributed by atoms with Gasteiger partial charge in [0.15, 0.2) is 17.2 Å². The summed E-state index contributed by atoms with van der Waals surface area (Å²) in [5.74, 6) is 2.04. The molecule has 2 rings (SSSR count). The van der Waals surface area contributed by atoms with Gasteiger partial charge in [-0.15, -0.1) is 0 Å². The molecule has 8 heteroatoms. The summed E-state index contributed by atoms with van der Waals surface area (Å²) in [6.45, 7) is 17.2. The monoisotopic (exact) mass is 501 g/mol. The molecule has 7 nitrogen and oxygen atoms in total. The van der Waals surface area contributed by atoms with Crippen molar-refractivity contribution in [2.24, 2.45) is 0 Å². The van der Waals surface area contributed by atoms with Crippen molar-refractivity contribution >= 4 is 25.7 Å². The molecule has 0 N–H and O–H groups in total. The number of hydrogen-bond donors (Lipinski definition) is 0. The third kappa shape index (κ3) is 6.72. The van der Waals surface area contributed by atoms with Gasteiger partial charge in [-0.1, -0.05) is 27.4 Å². The molecule has 0 saturated carbocycles. The lowest BCUT2D eigenvalue weighted by atomic mass is 10.1. The summed E-state index contributed by atoms with van der Waals surface area (Å²) in [5.41, 5.74) is 1.91. The highest BCUT2D eigenvalue weighted by molar-refractivity contribution is 6.74. The van der Waals surface area contributed by atoms with E-state index in [1.807, 2.05) is 41.3 Å². The molecule has 0 aliphatic heterocycles. The lowest BCUT2D eigenvalue weighted by Crippen LogP contribution is -2.44. The maximum atomic E-state index is 12.4. The van der Waals surface area contributed by atoms with Gasteiger partial charge in [-0.3, -0.25) is 0 Å². The second-order valence-corrected chi connectivity index (χ2v) is 14.4. The molecule has 0 spiro atoms. The van der Waals surface area contributed by atoms with E-state index in [0.29, 0.717) is 28.6 Å². The highest BCUT2D eigenvalue weighted by Crippen LogP contribution is 2.43. The Hall–Kier alpha value is -3.13. The lowest BCUT2D eigenvalue weighted by molar-refractivity contribution is -0.138. The van der Waals surface area contributed by atoms with Crippen LogP contribution in [0.4, 0.5) is 11.4 Å². The normalized spacial score (nSPS) is 11.5. The second-order valence-electron chi connectivity index (χ2n) is 9.65. The van der Waals surface area contributed by atoms with Crippen LogP contribution in [0.25, 0.3) is 0 Å². The van der Waals surface area contributed by atoms with Crippen molar-refractivity contribution in [3.63, 3.8) is 0 Å². The number of anilines is 2. The van der Waals surface area contributed by atoms with Gasteiger partial charge >= 0.3 is 5.97 Å². The SMILES string of the molecule is C=C(CN(c1ccc(OC)c(OC)c1)c1ccc(OC)c(O[Si](C)(C)C(C)(C)C)c1)C(=O)OCC. The van der Waals surface area contributed by atoms with E-state index >= 15 is 0 Å². The Balaban J connectivity index is 2.61. The van der Waals surface area contributed by atoms with Crippen molar-refractivity contribution in [2.45, 2.75) is 45.8 Å². The summed E-state index contributed by atoms with van der Waals surface area (Å²) in [6.07, 6.45) is 0. The molecule has 0 fully saturated rings. The Morgan fingerprint density at radius 1 is 0.886 bits per heavy atom. The van der Waals surface area contributed by atoms with Crippen molar-refractivity contribution in [1.82, 2.24) is 0 Å². The van der Waals surface area contributed by atoms with E-state index in [4.69, 9.17) is 23.4 Å². The first-order valence-electron chi connectivity index (χ1n) is 11.6. The number of carbonyl (C=O) groups excluding carboxylic acids is 1. The molecule has 2 aromatic rings. The van der Waals surface area contributed by atoms with Crippen molar-refractivity contribution < 1.29 is 28.2 Å². The highest BCUT2D eigenvalue weighted by atomic mass is 28.4. The quantitative estimate of drug-likeness (QED) is 0.202. The topological polar surface area (TPSA) is 66.5 Å². The van der Waals surface area contributed by atoms with E-state index in [-0.39, 0.29) is 18.2 Å². The first-order chi connectivity index (χ1) is 16.4. The van der Waals surface area contributed by atoms with Crippen LogP contribution in [0.1, 0.15) is 27.7 Å². The van der Waals surface area contributed by atoms with Gasteiger partial charge < -0.3 is 28.3 Å². The van der Waals surface area contributed by atoms with E-state index in [1.54, 1.807) is 28.3 Å². The predicted octanol–water partition coefficient (Wildman–Crippen LogP) is 6.35. The van der Waals surface area contributed by atoms with E-state index in [1.165, 1.54) is 0 Å². The minimum atomic E-state index is -2.14. The number of carbonyl (C=O) groups is 1. The summed E-state index contributed by atoms with van der Waals surface area (Å²) >= 11 is 0.